The number of anilines is 1. The highest BCUT2D eigenvalue weighted by molar-refractivity contribution is 5.92. The summed E-state index contributed by atoms with van der Waals surface area (Å²) < 4.78 is 0. The predicted molar refractivity (Wildman–Crippen MR) is 49.3 cm³/mol. The van der Waals surface area contributed by atoms with E-state index in [-0.39, 0.29) is 5.56 Å². The monoisotopic (exact) mass is 195 g/mol. The zero-order valence-corrected chi connectivity index (χ0v) is 7.44. The van der Waals surface area contributed by atoms with Gasteiger partial charge >= 0.3 is 12.0 Å². The normalized spacial score (nSPS) is 9.21. The van der Waals surface area contributed by atoms with Gasteiger partial charge in [-0.25, -0.2) is 9.59 Å². The van der Waals surface area contributed by atoms with Crippen LogP contribution in [0.15, 0.2) is 18.5 Å². The molecule has 14 heavy (non-hydrogen) atoms. The second kappa shape index (κ2) is 4.22. The molecule has 1 heterocycles. The number of nitrogens with zero attached hydrogens (tertiary/aromatic N) is 1. The minimum Gasteiger partial charge on any atom is -0.478 e. The van der Waals surface area contributed by atoms with Crippen LogP contribution in [0.1, 0.15) is 10.4 Å². The molecule has 74 valence electrons. The van der Waals surface area contributed by atoms with Gasteiger partial charge in [0.2, 0.25) is 0 Å². The van der Waals surface area contributed by atoms with Crippen molar-refractivity contribution in [2.24, 2.45) is 0 Å². The highest BCUT2D eigenvalue weighted by atomic mass is 16.4. The molecule has 0 radical (unpaired) electrons. The van der Waals surface area contributed by atoms with Crippen molar-refractivity contribution in [3.63, 3.8) is 0 Å². The van der Waals surface area contributed by atoms with Crippen LogP contribution in [0.25, 0.3) is 0 Å². The van der Waals surface area contributed by atoms with Crippen molar-refractivity contribution in [1.29, 1.82) is 0 Å². The number of carbonyl (C=O) groups is 2. The van der Waals surface area contributed by atoms with Crippen molar-refractivity contribution >= 4 is 17.7 Å². The lowest BCUT2D eigenvalue weighted by molar-refractivity contribution is 0.0696. The molecular weight excluding hydrogens is 186 g/mol. The zero-order chi connectivity index (χ0) is 10.6. The Morgan fingerprint density at radius 1 is 1.43 bits per heavy atom. The van der Waals surface area contributed by atoms with Crippen LogP contribution in [0.2, 0.25) is 0 Å². The molecule has 0 aromatic carbocycles. The largest absolute Gasteiger partial charge is 0.478 e. The SMILES string of the molecule is CNC(=O)Nc1cncc(C(=O)O)c1. The fourth-order valence-corrected chi connectivity index (χ4v) is 0.819. The van der Waals surface area contributed by atoms with E-state index in [0.29, 0.717) is 5.69 Å². The number of pyridine rings is 1. The quantitative estimate of drug-likeness (QED) is 0.641. The van der Waals surface area contributed by atoms with E-state index in [1.807, 2.05) is 0 Å². The Bertz CT molecular complexity index is 365. The standard InChI is InChI=1S/C8H9N3O3/c1-9-8(14)11-6-2-5(7(12)13)3-10-4-6/h2-4H,1H3,(H,12,13)(H2,9,11,14). The molecule has 1 aromatic heterocycles. The van der Waals surface area contributed by atoms with Crippen LogP contribution < -0.4 is 10.6 Å². The van der Waals surface area contributed by atoms with Crippen molar-refractivity contribution in [2.75, 3.05) is 12.4 Å². The molecule has 0 spiro atoms. The predicted octanol–water partition coefficient (Wildman–Crippen LogP) is 0.531. The van der Waals surface area contributed by atoms with E-state index in [0.717, 1.165) is 0 Å². The van der Waals surface area contributed by atoms with E-state index in [9.17, 15) is 9.59 Å². The van der Waals surface area contributed by atoms with Crippen LogP contribution in [0, 0.1) is 0 Å². The van der Waals surface area contributed by atoms with Gasteiger partial charge in [-0.15, -0.1) is 0 Å². The first kappa shape index (κ1) is 9.97. The summed E-state index contributed by atoms with van der Waals surface area (Å²) >= 11 is 0. The molecule has 3 N–H and O–H groups in total. The molecule has 6 nitrogen and oxygen atoms in total. The van der Waals surface area contributed by atoms with E-state index in [4.69, 9.17) is 5.11 Å². The average molecular weight is 195 g/mol. The van der Waals surface area contributed by atoms with E-state index < -0.39 is 12.0 Å². The third-order valence-electron chi connectivity index (χ3n) is 1.47. The summed E-state index contributed by atoms with van der Waals surface area (Å²) in [6, 6.07) is 0.902. The summed E-state index contributed by atoms with van der Waals surface area (Å²) in [7, 11) is 1.46. The van der Waals surface area contributed by atoms with Gasteiger partial charge < -0.3 is 15.7 Å². The molecule has 0 fully saturated rings. The number of rotatable bonds is 2. The fraction of sp³-hybridized carbons (Fsp3) is 0.125. The summed E-state index contributed by atoms with van der Waals surface area (Å²) in [5.41, 5.74) is 0.364. The van der Waals surface area contributed by atoms with Gasteiger partial charge in [0.25, 0.3) is 0 Å². The van der Waals surface area contributed by atoms with Crippen molar-refractivity contribution < 1.29 is 14.7 Å². The van der Waals surface area contributed by atoms with E-state index in [2.05, 4.69) is 15.6 Å². The van der Waals surface area contributed by atoms with Crippen molar-refractivity contribution in [1.82, 2.24) is 10.3 Å². The number of carboxylic acids is 1. The number of hydrogen-bond donors (Lipinski definition) is 3. The van der Waals surface area contributed by atoms with Gasteiger partial charge in [-0.3, -0.25) is 4.98 Å². The van der Waals surface area contributed by atoms with Crippen LogP contribution >= 0.6 is 0 Å². The number of hydrogen-bond acceptors (Lipinski definition) is 3. The number of amides is 2. The van der Waals surface area contributed by atoms with Crippen LogP contribution in [0.5, 0.6) is 0 Å². The summed E-state index contributed by atoms with van der Waals surface area (Å²) in [5.74, 6) is -1.09. The van der Waals surface area contributed by atoms with E-state index in [1.54, 1.807) is 0 Å². The Kier molecular flexibility index (Phi) is 3.01. The van der Waals surface area contributed by atoms with Gasteiger partial charge in [-0.2, -0.15) is 0 Å². The van der Waals surface area contributed by atoms with Gasteiger partial charge in [-0.05, 0) is 6.07 Å². The first-order valence-corrected chi connectivity index (χ1v) is 3.80. The maximum absolute atomic E-state index is 10.9. The first-order valence-electron chi connectivity index (χ1n) is 3.80. The van der Waals surface area contributed by atoms with Crippen LogP contribution in [0.4, 0.5) is 10.5 Å². The van der Waals surface area contributed by atoms with E-state index >= 15 is 0 Å². The Labute approximate surface area is 80.0 Å². The molecule has 0 unspecified atom stereocenters. The molecule has 1 aromatic rings. The highest BCUT2D eigenvalue weighted by Gasteiger charge is 2.05. The smallest absolute Gasteiger partial charge is 0.337 e. The van der Waals surface area contributed by atoms with Crippen molar-refractivity contribution in [2.45, 2.75) is 0 Å². The van der Waals surface area contributed by atoms with Gasteiger partial charge in [0.05, 0.1) is 17.4 Å². The van der Waals surface area contributed by atoms with Crippen LogP contribution in [0.3, 0.4) is 0 Å². The number of nitrogens with one attached hydrogen (secondary N) is 2. The Hall–Kier alpha value is -2.11. The molecular formula is C8H9N3O3. The lowest BCUT2D eigenvalue weighted by Gasteiger charge is -2.03. The second-order valence-corrected chi connectivity index (χ2v) is 2.47. The summed E-state index contributed by atoms with van der Waals surface area (Å²) in [6.45, 7) is 0. The minimum atomic E-state index is -1.09. The van der Waals surface area contributed by atoms with Gasteiger partial charge in [0.15, 0.2) is 0 Å². The molecule has 0 aliphatic heterocycles. The van der Waals surface area contributed by atoms with Gasteiger partial charge in [0.1, 0.15) is 0 Å². The second-order valence-electron chi connectivity index (χ2n) is 2.47. The third-order valence-corrected chi connectivity index (χ3v) is 1.47. The molecule has 0 atom stereocenters. The van der Waals surface area contributed by atoms with Crippen LogP contribution in [-0.2, 0) is 0 Å². The van der Waals surface area contributed by atoms with E-state index in [1.165, 1.54) is 25.5 Å². The number of carboxylic acid groups (broad SMARTS) is 1. The minimum absolute atomic E-state index is 0.0268. The highest BCUT2D eigenvalue weighted by Crippen LogP contribution is 2.07. The summed E-state index contributed by atoms with van der Waals surface area (Å²) in [6.07, 6.45) is 2.57. The average Bonchev–Trinajstić information content (AvgIpc) is 2.18. The summed E-state index contributed by atoms with van der Waals surface area (Å²) in [5, 5.41) is 13.4. The molecule has 2 amide bonds. The molecule has 0 aliphatic rings. The Balaban J connectivity index is 2.83. The number of urea groups is 1. The number of aromatic nitrogens is 1. The molecule has 0 aliphatic carbocycles. The lowest BCUT2D eigenvalue weighted by atomic mass is 10.3. The maximum Gasteiger partial charge on any atom is 0.337 e. The van der Waals surface area contributed by atoms with Gasteiger partial charge in [-0.1, -0.05) is 0 Å². The van der Waals surface area contributed by atoms with Gasteiger partial charge in [0, 0.05) is 13.2 Å². The third kappa shape index (κ3) is 2.44. The molecule has 0 saturated carbocycles. The topological polar surface area (TPSA) is 91.3 Å². The zero-order valence-electron chi connectivity index (χ0n) is 7.44. The summed E-state index contributed by atoms with van der Waals surface area (Å²) in [4.78, 5) is 25.1. The molecule has 1 rings (SSSR count). The number of aromatic carboxylic acids is 1. The van der Waals surface area contributed by atoms with Crippen LogP contribution in [-0.4, -0.2) is 29.1 Å². The Morgan fingerprint density at radius 3 is 2.71 bits per heavy atom. The Morgan fingerprint density at radius 2 is 2.14 bits per heavy atom. The first-order chi connectivity index (χ1) is 6.63. The maximum atomic E-state index is 10.9. The van der Waals surface area contributed by atoms with Crippen molar-refractivity contribution in [3.05, 3.63) is 24.0 Å². The fourth-order valence-electron chi connectivity index (χ4n) is 0.819. The lowest BCUT2D eigenvalue weighted by Crippen LogP contribution is -2.24. The van der Waals surface area contributed by atoms with Crippen molar-refractivity contribution in [3.8, 4) is 0 Å². The molecule has 6 heteroatoms. The number of carbonyl (C=O) groups excluding carboxylic acids is 1. The molecule has 0 bridgehead atoms. The molecule has 0 saturated heterocycles.